The molecule has 0 aromatic rings. The van der Waals surface area contributed by atoms with E-state index in [1.807, 2.05) is 0 Å². The van der Waals surface area contributed by atoms with Crippen molar-refractivity contribution in [1.29, 1.82) is 0 Å². The highest BCUT2D eigenvalue weighted by molar-refractivity contribution is 5.81. The van der Waals surface area contributed by atoms with Gasteiger partial charge in [-0.25, -0.2) is 18.4 Å². The minimum absolute atomic E-state index is 0.0679. The summed E-state index contributed by atoms with van der Waals surface area (Å²) >= 11 is 0. The molecule has 90 valence electrons. The molecule has 4 atom stereocenters. The van der Waals surface area contributed by atoms with Gasteiger partial charge in [0.05, 0.1) is 0 Å². The van der Waals surface area contributed by atoms with E-state index in [0.717, 1.165) is 4.90 Å². The number of halogens is 2. The van der Waals surface area contributed by atoms with E-state index in [0.29, 0.717) is 0 Å². The van der Waals surface area contributed by atoms with Gasteiger partial charge >= 0.3 is 12.1 Å². The van der Waals surface area contributed by atoms with Gasteiger partial charge in [0.15, 0.2) is 0 Å². The van der Waals surface area contributed by atoms with Crippen molar-refractivity contribution in [2.24, 2.45) is 11.8 Å². The average molecular weight is 235 g/mol. The summed E-state index contributed by atoms with van der Waals surface area (Å²) in [6.07, 6.45) is -3.61. The number of nitrogens with zero attached hydrogens (tertiary/aromatic N) is 1. The number of likely N-dealkylation sites (tertiary alicyclic amines) is 1. The van der Waals surface area contributed by atoms with Gasteiger partial charge in [-0.3, -0.25) is 4.90 Å². The fourth-order valence-electron chi connectivity index (χ4n) is 2.96. The summed E-state index contributed by atoms with van der Waals surface area (Å²) in [7, 11) is 0. The largest absolute Gasteiger partial charge is 0.480 e. The second-order valence-corrected chi connectivity index (χ2v) is 4.26. The molecule has 2 aliphatic rings. The zero-order valence-corrected chi connectivity index (χ0v) is 8.22. The van der Waals surface area contributed by atoms with Gasteiger partial charge in [0, 0.05) is 17.9 Å². The number of carbonyl (C=O) groups is 2. The summed E-state index contributed by atoms with van der Waals surface area (Å²) in [4.78, 5) is 22.6. The lowest BCUT2D eigenvalue weighted by Crippen LogP contribution is -2.51. The molecule has 2 fully saturated rings. The van der Waals surface area contributed by atoms with Crippen LogP contribution in [0.1, 0.15) is 12.8 Å². The van der Waals surface area contributed by atoms with Gasteiger partial charge in [-0.15, -0.1) is 0 Å². The Bertz CT molecular complexity index is 335. The highest BCUT2D eigenvalue weighted by Crippen LogP contribution is 2.48. The Morgan fingerprint density at radius 1 is 1.25 bits per heavy atom. The lowest BCUT2D eigenvalue weighted by atomic mass is 9.88. The van der Waals surface area contributed by atoms with E-state index in [9.17, 15) is 18.4 Å². The average Bonchev–Trinajstić information content (AvgIpc) is 2.72. The number of amides is 1. The molecule has 2 N–H and O–H groups in total. The third kappa shape index (κ3) is 1.42. The Hall–Kier alpha value is -1.40. The van der Waals surface area contributed by atoms with Crippen LogP contribution in [0.2, 0.25) is 0 Å². The number of piperidine rings is 1. The predicted octanol–water partition coefficient (Wildman–Crippen LogP) is 1.09. The molecule has 1 amide bonds. The van der Waals surface area contributed by atoms with Crippen LogP contribution >= 0.6 is 0 Å². The first-order chi connectivity index (χ1) is 7.43. The molecule has 2 unspecified atom stereocenters. The number of rotatable bonds is 2. The molecule has 1 saturated carbocycles. The summed E-state index contributed by atoms with van der Waals surface area (Å²) in [5.41, 5.74) is 0. The molecule has 1 saturated heterocycles. The van der Waals surface area contributed by atoms with Gasteiger partial charge in [0.2, 0.25) is 6.43 Å². The number of carboxylic acid groups (broad SMARTS) is 2. The van der Waals surface area contributed by atoms with Crippen molar-refractivity contribution in [3.63, 3.8) is 0 Å². The molecule has 0 aromatic heterocycles. The first-order valence-corrected chi connectivity index (χ1v) is 4.95. The zero-order valence-electron chi connectivity index (χ0n) is 8.22. The molecule has 1 aliphatic carbocycles. The number of hydrogen-bond donors (Lipinski definition) is 2. The third-order valence-corrected chi connectivity index (χ3v) is 3.53. The Balaban J connectivity index is 2.25. The van der Waals surface area contributed by atoms with Gasteiger partial charge in [-0.2, -0.15) is 0 Å². The maximum Gasteiger partial charge on any atom is 0.408 e. The smallest absolute Gasteiger partial charge is 0.408 e. The highest BCUT2D eigenvalue weighted by Gasteiger charge is 2.58. The van der Waals surface area contributed by atoms with Crippen LogP contribution in [-0.4, -0.2) is 45.7 Å². The van der Waals surface area contributed by atoms with Crippen molar-refractivity contribution in [3.05, 3.63) is 0 Å². The van der Waals surface area contributed by atoms with E-state index in [1.54, 1.807) is 0 Å². The first kappa shape index (κ1) is 11.1. The Kier molecular flexibility index (Phi) is 2.47. The molecule has 0 aromatic carbocycles. The van der Waals surface area contributed by atoms with Gasteiger partial charge in [-0.05, 0) is 12.8 Å². The molecule has 0 radical (unpaired) electrons. The lowest BCUT2D eigenvalue weighted by Gasteiger charge is -2.34. The SMILES string of the molecule is O=C(O)C1[C@H]2CC(C[C@@H]2C(F)F)N1C(=O)O. The van der Waals surface area contributed by atoms with Crippen LogP contribution in [0, 0.1) is 11.8 Å². The highest BCUT2D eigenvalue weighted by atomic mass is 19.3. The van der Waals surface area contributed by atoms with Gasteiger partial charge in [0.25, 0.3) is 0 Å². The maximum atomic E-state index is 12.6. The molecule has 1 aliphatic heterocycles. The summed E-state index contributed by atoms with van der Waals surface area (Å²) < 4.78 is 25.2. The van der Waals surface area contributed by atoms with Crippen molar-refractivity contribution in [2.75, 3.05) is 0 Å². The van der Waals surface area contributed by atoms with Crippen molar-refractivity contribution >= 4 is 12.1 Å². The fraction of sp³-hybridized carbons (Fsp3) is 0.778. The second kappa shape index (κ2) is 3.57. The van der Waals surface area contributed by atoms with E-state index in [-0.39, 0.29) is 12.8 Å². The number of hydrogen-bond acceptors (Lipinski definition) is 2. The first-order valence-electron chi connectivity index (χ1n) is 4.95. The molecular formula is C9H11F2NO4. The number of alkyl halides is 2. The second-order valence-electron chi connectivity index (χ2n) is 4.26. The third-order valence-electron chi connectivity index (χ3n) is 3.53. The minimum atomic E-state index is -2.58. The standard InChI is InChI=1S/C9H11F2NO4/c10-7(11)5-2-3-1-4(5)6(8(13)14)12(3)9(15)16/h3-7H,1-2H2,(H,13,14)(H,15,16)/t3?,4-,5-,6?/m0/s1. The lowest BCUT2D eigenvalue weighted by molar-refractivity contribution is -0.146. The van der Waals surface area contributed by atoms with Crippen LogP contribution in [-0.2, 0) is 4.79 Å². The number of aliphatic carboxylic acids is 1. The topological polar surface area (TPSA) is 77.8 Å². The Morgan fingerprint density at radius 2 is 1.88 bits per heavy atom. The van der Waals surface area contributed by atoms with E-state index >= 15 is 0 Å². The molecule has 2 rings (SSSR count). The summed E-state index contributed by atoms with van der Waals surface area (Å²) in [6, 6.07) is -1.88. The number of fused-ring (bicyclic) bond motifs is 2. The van der Waals surface area contributed by atoms with Crippen LogP contribution in [0.5, 0.6) is 0 Å². The molecule has 1 heterocycles. The van der Waals surface area contributed by atoms with Gasteiger partial charge in [-0.1, -0.05) is 0 Å². The van der Waals surface area contributed by atoms with Crippen LogP contribution in [0.3, 0.4) is 0 Å². The Labute approximate surface area is 89.6 Å². The summed E-state index contributed by atoms with van der Waals surface area (Å²) in [5.74, 6) is -3.07. The van der Waals surface area contributed by atoms with E-state index in [4.69, 9.17) is 10.2 Å². The summed E-state index contributed by atoms with van der Waals surface area (Å²) in [6.45, 7) is 0. The quantitative estimate of drug-likeness (QED) is 0.751. The molecule has 5 nitrogen and oxygen atoms in total. The van der Waals surface area contributed by atoms with Crippen LogP contribution in [0.25, 0.3) is 0 Å². The molecular weight excluding hydrogens is 224 g/mol. The maximum absolute atomic E-state index is 12.6. The van der Waals surface area contributed by atoms with Crippen molar-refractivity contribution in [1.82, 2.24) is 4.90 Å². The van der Waals surface area contributed by atoms with E-state index in [2.05, 4.69) is 0 Å². The number of carboxylic acids is 1. The van der Waals surface area contributed by atoms with E-state index < -0.39 is 42.4 Å². The van der Waals surface area contributed by atoms with Crippen molar-refractivity contribution in [2.45, 2.75) is 31.4 Å². The van der Waals surface area contributed by atoms with Crippen molar-refractivity contribution < 1.29 is 28.6 Å². The van der Waals surface area contributed by atoms with Crippen molar-refractivity contribution in [3.8, 4) is 0 Å². The monoisotopic (exact) mass is 235 g/mol. The van der Waals surface area contributed by atoms with Crippen LogP contribution in [0.15, 0.2) is 0 Å². The minimum Gasteiger partial charge on any atom is -0.480 e. The Morgan fingerprint density at radius 3 is 2.31 bits per heavy atom. The van der Waals surface area contributed by atoms with Gasteiger partial charge in [0.1, 0.15) is 6.04 Å². The fourth-order valence-corrected chi connectivity index (χ4v) is 2.96. The zero-order chi connectivity index (χ0) is 12.0. The molecule has 0 spiro atoms. The van der Waals surface area contributed by atoms with E-state index in [1.165, 1.54) is 0 Å². The van der Waals surface area contributed by atoms with Gasteiger partial charge < -0.3 is 10.2 Å². The van der Waals surface area contributed by atoms with Crippen LogP contribution < -0.4 is 0 Å². The molecule has 2 bridgehead atoms. The van der Waals surface area contributed by atoms with Crippen LogP contribution in [0.4, 0.5) is 13.6 Å². The molecule has 7 heteroatoms. The predicted molar refractivity (Wildman–Crippen MR) is 47.3 cm³/mol. The normalized spacial score (nSPS) is 37.1. The summed E-state index contributed by atoms with van der Waals surface area (Å²) in [5, 5.41) is 17.8. The molecule has 16 heavy (non-hydrogen) atoms.